The van der Waals surface area contributed by atoms with Crippen LogP contribution in [0.25, 0.3) is 0 Å². The Kier molecular flexibility index (Phi) is 6.71. The van der Waals surface area contributed by atoms with Crippen LogP contribution >= 0.6 is 0 Å². The van der Waals surface area contributed by atoms with Gasteiger partial charge >= 0.3 is 0 Å². The molecule has 0 heterocycles. The molecule has 1 rings (SSSR count). The zero-order valence-electron chi connectivity index (χ0n) is 10.4. The number of hydrogen-bond acceptors (Lipinski definition) is 1. The van der Waals surface area contributed by atoms with Crippen molar-refractivity contribution in [3.8, 4) is 5.75 Å². The second-order valence-electron chi connectivity index (χ2n) is 4.22. The van der Waals surface area contributed by atoms with Crippen molar-refractivity contribution in [2.75, 3.05) is 6.61 Å². The predicted octanol–water partition coefficient (Wildman–Crippen LogP) is 4.61. The molecule has 0 spiro atoms. The molecule has 1 heteroatoms. The van der Waals surface area contributed by atoms with Crippen molar-refractivity contribution in [3.63, 3.8) is 0 Å². The third-order valence-corrected chi connectivity index (χ3v) is 2.73. The molecule has 0 fully saturated rings. The number of rotatable bonds is 8. The summed E-state index contributed by atoms with van der Waals surface area (Å²) in [6.45, 7) is 7.00. The van der Waals surface area contributed by atoms with E-state index in [0.29, 0.717) is 0 Å². The number of ether oxygens (including phenoxy) is 1. The molecule has 16 heavy (non-hydrogen) atoms. The van der Waals surface area contributed by atoms with Gasteiger partial charge in [-0.25, -0.2) is 0 Å². The third kappa shape index (κ3) is 5.20. The molecule has 0 atom stereocenters. The van der Waals surface area contributed by atoms with Crippen LogP contribution in [0, 0.1) is 6.92 Å². The Labute approximate surface area is 99.8 Å². The summed E-state index contributed by atoms with van der Waals surface area (Å²) in [6, 6.07) is 7.95. The number of unbranched alkanes of at least 4 members (excludes halogenated alkanes) is 5. The smallest absolute Gasteiger partial charge is 0.122 e. The molecule has 1 aromatic carbocycles. The summed E-state index contributed by atoms with van der Waals surface area (Å²) in [7, 11) is 0. The standard InChI is InChI=1S/C15H23O/c1-3-4-5-6-7-10-13-16-15-12-9-8-11-14(15)2/h8-9,11-12H,2-7,10,13H2,1H3. The topological polar surface area (TPSA) is 9.23 Å². The van der Waals surface area contributed by atoms with Gasteiger partial charge in [-0.3, -0.25) is 0 Å². The molecule has 0 unspecified atom stereocenters. The van der Waals surface area contributed by atoms with Gasteiger partial charge in [-0.15, -0.1) is 0 Å². The van der Waals surface area contributed by atoms with Crippen LogP contribution in [-0.4, -0.2) is 6.61 Å². The molecule has 1 radical (unpaired) electrons. The van der Waals surface area contributed by atoms with Crippen LogP contribution in [0.1, 0.15) is 51.0 Å². The quantitative estimate of drug-likeness (QED) is 0.580. The van der Waals surface area contributed by atoms with E-state index < -0.39 is 0 Å². The maximum atomic E-state index is 5.68. The zero-order chi connectivity index (χ0) is 11.6. The van der Waals surface area contributed by atoms with Gasteiger partial charge in [0.2, 0.25) is 0 Å². The van der Waals surface area contributed by atoms with Gasteiger partial charge in [0.15, 0.2) is 0 Å². The van der Waals surface area contributed by atoms with E-state index in [0.717, 1.165) is 24.3 Å². The maximum absolute atomic E-state index is 5.68. The summed E-state index contributed by atoms with van der Waals surface area (Å²) in [5, 5.41) is 0. The van der Waals surface area contributed by atoms with Crippen LogP contribution in [0.3, 0.4) is 0 Å². The van der Waals surface area contributed by atoms with Crippen molar-refractivity contribution in [1.29, 1.82) is 0 Å². The molecule has 0 bridgehead atoms. The van der Waals surface area contributed by atoms with Crippen LogP contribution in [0.5, 0.6) is 5.75 Å². The number of hydrogen-bond donors (Lipinski definition) is 0. The fourth-order valence-corrected chi connectivity index (χ4v) is 1.71. The Hall–Kier alpha value is -0.980. The van der Waals surface area contributed by atoms with Crippen LogP contribution in [0.15, 0.2) is 24.3 Å². The molecule has 0 aliphatic carbocycles. The van der Waals surface area contributed by atoms with Gasteiger partial charge in [0.1, 0.15) is 5.75 Å². The molecule has 89 valence electrons. The van der Waals surface area contributed by atoms with E-state index in [2.05, 4.69) is 13.8 Å². The summed E-state index contributed by atoms with van der Waals surface area (Å²) in [5.74, 6) is 0.927. The molecule has 1 aromatic rings. The van der Waals surface area contributed by atoms with Gasteiger partial charge in [0.25, 0.3) is 0 Å². The molecule has 0 saturated heterocycles. The summed E-state index contributed by atoms with van der Waals surface area (Å²) in [4.78, 5) is 0. The van der Waals surface area contributed by atoms with Gasteiger partial charge in [-0.1, -0.05) is 57.2 Å². The number of para-hydroxylation sites is 1. The summed E-state index contributed by atoms with van der Waals surface area (Å²) in [5.41, 5.74) is 0.980. The molecule has 1 nitrogen and oxygen atoms in total. The minimum atomic E-state index is 0.818. The first-order chi connectivity index (χ1) is 7.84. The highest BCUT2D eigenvalue weighted by atomic mass is 16.5. The van der Waals surface area contributed by atoms with Gasteiger partial charge in [0.05, 0.1) is 6.61 Å². The molecule has 0 aliphatic rings. The largest absolute Gasteiger partial charge is 0.493 e. The molecule has 0 saturated carbocycles. The van der Waals surface area contributed by atoms with E-state index in [-0.39, 0.29) is 0 Å². The Morgan fingerprint density at radius 3 is 2.44 bits per heavy atom. The first-order valence-corrected chi connectivity index (χ1v) is 6.38. The van der Waals surface area contributed by atoms with E-state index in [9.17, 15) is 0 Å². The fraction of sp³-hybridized carbons (Fsp3) is 0.533. The summed E-state index contributed by atoms with van der Waals surface area (Å²) >= 11 is 0. The van der Waals surface area contributed by atoms with E-state index >= 15 is 0 Å². The van der Waals surface area contributed by atoms with Crippen LogP contribution in [0.4, 0.5) is 0 Å². The predicted molar refractivity (Wildman–Crippen MR) is 69.8 cm³/mol. The Morgan fingerprint density at radius 1 is 1.00 bits per heavy atom. The lowest BCUT2D eigenvalue weighted by atomic mass is 10.1. The van der Waals surface area contributed by atoms with Crippen LogP contribution in [0.2, 0.25) is 0 Å². The van der Waals surface area contributed by atoms with E-state index in [1.807, 2.05) is 24.3 Å². The van der Waals surface area contributed by atoms with Gasteiger partial charge in [-0.05, 0) is 25.0 Å². The molecular formula is C15H23O. The van der Waals surface area contributed by atoms with Crippen molar-refractivity contribution < 1.29 is 4.74 Å². The monoisotopic (exact) mass is 219 g/mol. The number of benzene rings is 1. The normalized spacial score (nSPS) is 10.4. The zero-order valence-corrected chi connectivity index (χ0v) is 10.4. The molecule has 0 aliphatic heterocycles. The molecule has 0 N–H and O–H groups in total. The SMILES string of the molecule is [CH2]c1ccccc1OCCCCCCCC. The van der Waals surface area contributed by atoms with Crippen molar-refractivity contribution in [2.45, 2.75) is 45.4 Å². The first kappa shape index (κ1) is 13.1. The van der Waals surface area contributed by atoms with Crippen molar-refractivity contribution in [1.82, 2.24) is 0 Å². The lowest BCUT2D eigenvalue weighted by molar-refractivity contribution is 0.303. The molecule has 0 aromatic heterocycles. The van der Waals surface area contributed by atoms with E-state index in [1.165, 1.54) is 32.1 Å². The lowest BCUT2D eigenvalue weighted by Crippen LogP contribution is -1.98. The lowest BCUT2D eigenvalue weighted by Gasteiger charge is -2.08. The maximum Gasteiger partial charge on any atom is 0.122 e. The minimum absolute atomic E-state index is 0.818. The highest BCUT2D eigenvalue weighted by Gasteiger charge is 1.97. The van der Waals surface area contributed by atoms with Crippen molar-refractivity contribution in [3.05, 3.63) is 36.8 Å². The highest BCUT2D eigenvalue weighted by Crippen LogP contribution is 2.16. The average molecular weight is 219 g/mol. The minimum Gasteiger partial charge on any atom is -0.493 e. The first-order valence-electron chi connectivity index (χ1n) is 6.38. The third-order valence-electron chi connectivity index (χ3n) is 2.73. The summed E-state index contributed by atoms with van der Waals surface area (Å²) < 4.78 is 5.68. The van der Waals surface area contributed by atoms with Gasteiger partial charge in [-0.2, -0.15) is 0 Å². The van der Waals surface area contributed by atoms with Gasteiger partial charge < -0.3 is 4.74 Å². The Morgan fingerprint density at radius 2 is 1.69 bits per heavy atom. The van der Waals surface area contributed by atoms with E-state index in [1.54, 1.807) is 0 Å². The van der Waals surface area contributed by atoms with Crippen LogP contribution in [-0.2, 0) is 0 Å². The van der Waals surface area contributed by atoms with Gasteiger partial charge in [0, 0.05) is 0 Å². The second-order valence-corrected chi connectivity index (χ2v) is 4.22. The van der Waals surface area contributed by atoms with Crippen molar-refractivity contribution in [2.24, 2.45) is 0 Å². The van der Waals surface area contributed by atoms with E-state index in [4.69, 9.17) is 4.74 Å². The highest BCUT2D eigenvalue weighted by molar-refractivity contribution is 5.35. The fourth-order valence-electron chi connectivity index (χ4n) is 1.71. The van der Waals surface area contributed by atoms with Crippen molar-refractivity contribution >= 4 is 0 Å². The molecule has 0 amide bonds. The Balaban J connectivity index is 2.05. The van der Waals surface area contributed by atoms with Crippen LogP contribution < -0.4 is 4.74 Å². The molecular weight excluding hydrogens is 196 g/mol. The summed E-state index contributed by atoms with van der Waals surface area (Å²) in [6.07, 6.45) is 7.80. The average Bonchev–Trinajstić information content (AvgIpc) is 2.30. The Bertz CT molecular complexity index is 281. The second kappa shape index (κ2) is 8.20.